The maximum atomic E-state index is 11.7. The number of nitrogens with zero attached hydrogens (tertiary/aromatic N) is 2. The topological polar surface area (TPSA) is 58.2 Å². The normalized spacial score (nSPS) is 11.8. The molecule has 1 aromatic rings. The summed E-state index contributed by atoms with van der Waals surface area (Å²) in [5.74, 6) is 0.654. The van der Waals surface area contributed by atoms with Gasteiger partial charge in [0.2, 0.25) is 0 Å². The lowest BCUT2D eigenvalue weighted by atomic mass is 10.2. The van der Waals surface area contributed by atoms with E-state index in [9.17, 15) is 4.79 Å². The van der Waals surface area contributed by atoms with Gasteiger partial charge in [0.25, 0.3) is 0 Å². The number of esters is 1. The molecule has 5 heteroatoms. The van der Waals surface area contributed by atoms with Crippen LogP contribution in [0.15, 0.2) is 12.4 Å². The van der Waals surface area contributed by atoms with Crippen molar-refractivity contribution in [2.75, 3.05) is 13.1 Å². The summed E-state index contributed by atoms with van der Waals surface area (Å²) in [6.07, 6.45) is 3.48. The van der Waals surface area contributed by atoms with Gasteiger partial charge in [0.1, 0.15) is 11.4 Å². The van der Waals surface area contributed by atoms with Crippen LogP contribution in [0.1, 0.15) is 33.5 Å². The molecule has 0 aliphatic carbocycles. The molecular weight excluding hydrogens is 218 g/mol. The average Bonchev–Trinajstić information content (AvgIpc) is 2.66. The minimum absolute atomic E-state index is 0.203. The number of carbonyl (C=O) groups excluding carboxylic acids is 1. The third-order valence-electron chi connectivity index (χ3n) is 2.15. The number of likely N-dealkylation sites (N-methyl/N-ethyl adjacent to an activating group) is 1. The Morgan fingerprint density at radius 2 is 2.24 bits per heavy atom. The molecule has 0 aromatic carbocycles. The first-order chi connectivity index (χ1) is 7.90. The molecule has 0 spiro atoms. The first kappa shape index (κ1) is 13.7. The molecule has 1 aromatic heterocycles. The van der Waals surface area contributed by atoms with E-state index in [-0.39, 0.29) is 12.5 Å². The molecule has 0 saturated heterocycles. The Bertz CT molecular complexity index is 341. The van der Waals surface area contributed by atoms with Crippen molar-refractivity contribution in [2.45, 2.75) is 39.8 Å². The number of rotatable bonds is 5. The van der Waals surface area contributed by atoms with Gasteiger partial charge >= 0.3 is 5.97 Å². The number of H-pyrrole nitrogens is 1. The minimum atomic E-state index is -0.429. The van der Waals surface area contributed by atoms with Crippen LogP contribution in [0.3, 0.4) is 0 Å². The number of ether oxygens (including phenoxy) is 1. The Balaban J connectivity index is 2.44. The summed E-state index contributed by atoms with van der Waals surface area (Å²) in [6, 6.07) is 0. The van der Waals surface area contributed by atoms with Gasteiger partial charge in [-0.05, 0) is 27.3 Å². The van der Waals surface area contributed by atoms with Gasteiger partial charge in [-0.2, -0.15) is 0 Å². The van der Waals surface area contributed by atoms with Crippen molar-refractivity contribution in [3.8, 4) is 0 Å². The monoisotopic (exact) mass is 239 g/mol. The van der Waals surface area contributed by atoms with Gasteiger partial charge in [-0.25, -0.2) is 4.98 Å². The zero-order valence-electron chi connectivity index (χ0n) is 11.0. The van der Waals surface area contributed by atoms with E-state index in [1.54, 1.807) is 12.4 Å². The van der Waals surface area contributed by atoms with Crippen molar-refractivity contribution in [2.24, 2.45) is 0 Å². The highest BCUT2D eigenvalue weighted by molar-refractivity contribution is 5.72. The Morgan fingerprint density at radius 3 is 2.71 bits per heavy atom. The first-order valence-electron chi connectivity index (χ1n) is 5.83. The number of nitrogens with one attached hydrogen (secondary N) is 1. The van der Waals surface area contributed by atoms with Crippen LogP contribution in [0.4, 0.5) is 0 Å². The van der Waals surface area contributed by atoms with Gasteiger partial charge < -0.3 is 9.72 Å². The van der Waals surface area contributed by atoms with Crippen LogP contribution in [-0.2, 0) is 16.1 Å². The largest absolute Gasteiger partial charge is 0.459 e. The van der Waals surface area contributed by atoms with E-state index >= 15 is 0 Å². The van der Waals surface area contributed by atoms with Crippen molar-refractivity contribution >= 4 is 5.97 Å². The lowest BCUT2D eigenvalue weighted by Gasteiger charge is -2.23. The number of hydrogen-bond acceptors (Lipinski definition) is 4. The van der Waals surface area contributed by atoms with Gasteiger partial charge in [-0.15, -0.1) is 0 Å². The number of aromatic amines is 1. The summed E-state index contributed by atoms with van der Waals surface area (Å²) < 4.78 is 5.28. The maximum Gasteiger partial charge on any atom is 0.320 e. The number of aromatic nitrogens is 2. The van der Waals surface area contributed by atoms with E-state index in [1.165, 1.54) is 0 Å². The molecule has 96 valence electrons. The van der Waals surface area contributed by atoms with Crippen LogP contribution < -0.4 is 0 Å². The van der Waals surface area contributed by atoms with Crippen LogP contribution in [0, 0.1) is 0 Å². The molecule has 0 aliphatic heterocycles. The standard InChI is InChI=1S/C12H21N3O2/c1-5-15(8-10-13-6-7-14-10)9-11(16)17-12(2,3)4/h6-7H,5,8-9H2,1-4H3,(H,13,14). The molecule has 0 saturated carbocycles. The molecule has 0 radical (unpaired) electrons. The molecule has 1 heterocycles. The Labute approximate surface area is 102 Å². The molecule has 0 fully saturated rings. The lowest BCUT2D eigenvalue weighted by Crippen LogP contribution is -2.34. The fraction of sp³-hybridized carbons (Fsp3) is 0.667. The van der Waals surface area contributed by atoms with Gasteiger partial charge in [0.15, 0.2) is 0 Å². The summed E-state index contributed by atoms with van der Waals surface area (Å²) >= 11 is 0. The third kappa shape index (κ3) is 5.49. The van der Waals surface area contributed by atoms with Crippen molar-refractivity contribution in [1.29, 1.82) is 0 Å². The highest BCUT2D eigenvalue weighted by Crippen LogP contribution is 2.08. The molecular formula is C12H21N3O2. The van der Waals surface area contributed by atoms with Gasteiger partial charge in [0, 0.05) is 12.4 Å². The SMILES string of the molecule is CCN(CC(=O)OC(C)(C)C)Cc1ncc[nH]1. The highest BCUT2D eigenvalue weighted by atomic mass is 16.6. The summed E-state index contributed by atoms with van der Waals surface area (Å²) in [6.45, 7) is 9.31. The molecule has 0 amide bonds. The third-order valence-corrected chi connectivity index (χ3v) is 2.15. The molecule has 0 aliphatic rings. The van der Waals surface area contributed by atoms with Gasteiger partial charge in [-0.1, -0.05) is 6.92 Å². The van der Waals surface area contributed by atoms with Crippen molar-refractivity contribution in [3.05, 3.63) is 18.2 Å². The van der Waals surface area contributed by atoms with E-state index in [1.807, 2.05) is 32.6 Å². The predicted octanol–water partition coefficient (Wildman–Crippen LogP) is 1.57. The quantitative estimate of drug-likeness (QED) is 0.792. The molecule has 0 unspecified atom stereocenters. The number of carbonyl (C=O) groups is 1. The Morgan fingerprint density at radius 1 is 1.53 bits per heavy atom. The highest BCUT2D eigenvalue weighted by Gasteiger charge is 2.18. The van der Waals surface area contributed by atoms with Crippen molar-refractivity contribution < 1.29 is 9.53 Å². The molecule has 1 N–H and O–H groups in total. The second-order valence-electron chi connectivity index (χ2n) is 4.93. The summed E-state index contributed by atoms with van der Waals surface area (Å²) in [5, 5.41) is 0. The summed E-state index contributed by atoms with van der Waals surface area (Å²) in [7, 11) is 0. The van der Waals surface area contributed by atoms with Crippen LogP contribution in [0.25, 0.3) is 0 Å². The van der Waals surface area contributed by atoms with Crippen LogP contribution in [-0.4, -0.2) is 39.5 Å². The zero-order valence-corrected chi connectivity index (χ0v) is 11.0. The molecule has 17 heavy (non-hydrogen) atoms. The van der Waals surface area contributed by atoms with E-state index in [4.69, 9.17) is 4.74 Å². The lowest BCUT2D eigenvalue weighted by molar-refractivity contribution is -0.156. The second-order valence-corrected chi connectivity index (χ2v) is 4.93. The Kier molecular flexibility index (Phi) is 4.69. The second kappa shape index (κ2) is 5.82. The van der Waals surface area contributed by atoms with Gasteiger partial charge in [-0.3, -0.25) is 9.69 Å². The van der Waals surface area contributed by atoms with E-state index < -0.39 is 5.60 Å². The smallest absolute Gasteiger partial charge is 0.320 e. The summed E-state index contributed by atoms with van der Waals surface area (Å²) in [4.78, 5) is 20.8. The molecule has 0 bridgehead atoms. The fourth-order valence-corrected chi connectivity index (χ4v) is 1.43. The van der Waals surface area contributed by atoms with Crippen molar-refractivity contribution in [1.82, 2.24) is 14.9 Å². The van der Waals surface area contributed by atoms with Crippen LogP contribution >= 0.6 is 0 Å². The number of imidazole rings is 1. The fourth-order valence-electron chi connectivity index (χ4n) is 1.43. The van der Waals surface area contributed by atoms with Gasteiger partial charge in [0.05, 0.1) is 13.1 Å². The summed E-state index contributed by atoms with van der Waals surface area (Å²) in [5.41, 5.74) is -0.429. The van der Waals surface area contributed by atoms with Crippen molar-refractivity contribution in [3.63, 3.8) is 0 Å². The molecule has 5 nitrogen and oxygen atoms in total. The molecule has 0 atom stereocenters. The zero-order chi connectivity index (χ0) is 12.9. The average molecular weight is 239 g/mol. The van der Waals surface area contributed by atoms with Crippen LogP contribution in [0.5, 0.6) is 0 Å². The molecule has 1 rings (SSSR count). The first-order valence-corrected chi connectivity index (χ1v) is 5.83. The maximum absolute atomic E-state index is 11.7. The van der Waals surface area contributed by atoms with E-state index in [2.05, 4.69) is 9.97 Å². The van der Waals surface area contributed by atoms with E-state index in [0.29, 0.717) is 6.54 Å². The van der Waals surface area contributed by atoms with Crippen LogP contribution in [0.2, 0.25) is 0 Å². The minimum Gasteiger partial charge on any atom is -0.459 e. The van der Waals surface area contributed by atoms with E-state index in [0.717, 1.165) is 12.4 Å². The predicted molar refractivity (Wildman–Crippen MR) is 65.4 cm³/mol. The Hall–Kier alpha value is -1.36. The number of hydrogen-bond donors (Lipinski definition) is 1.